The lowest BCUT2D eigenvalue weighted by Crippen LogP contribution is -2.28. The third kappa shape index (κ3) is 4.89. The summed E-state index contributed by atoms with van der Waals surface area (Å²) in [7, 11) is 1.58. The molecule has 0 unspecified atom stereocenters. The number of anilines is 1. The van der Waals surface area contributed by atoms with Crippen molar-refractivity contribution in [3.63, 3.8) is 0 Å². The summed E-state index contributed by atoms with van der Waals surface area (Å²) in [6, 6.07) is 11.6. The highest BCUT2D eigenvalue weighted by atomic mass is 19.1. The Morgan fingerprint density at radius 2 is 1.79 bits per heavy atom. The van der Waals surface area contributed by atoms with E-state index in [1.807, 2.05) is 19.1 Å². The molecule has 126 valence electrons. The van der Waals surface area contributed by atoms with Gasteiger partial charge in [-0.25, -0.2) is 4.39 Å². The zero-order valence-corrected chi connectivity index (χ0v) is 13.7. The summed E-state index contributed by atoms with van der Waals surface area (Å²) in [6.45, 7) is 2.36. The van der Waals surface area contributed by atoms with Gasteiger partial charge in [-0.2, -0.15) is 0 Å². The summed E-state index contributed by atoms with van der Waals surface area (Å²) in [5, 5.41) is 8.08. The number of hydrogen-bond acceptors (Lipinski definition) is 3. The van der Waals surface area contributed by atoms with E-state index in [-0.39, 0.29) is 24.0 Å². The molecule has 0 spiro atoms. The molecule has 2 aromatic carbocycles. The monoisotopic (exact) mass is 329 g/mol. The number of hydrogen-bond donors (Lipinski definition) is 3. The Kier molecular flexibility index (Phi) is 6.03. The predicted molar refractivity (Wildman–Crippen MR) is 91.3 cm³/mol. The largest absolute Gasteiger partial charge is 0.355 e. The predicted octanol–water partition coefficient (Wildman–Crippen LogP) is 2.22. The van der Waals surface area contributed by atoms with Crippen molar-refractivity contribution in [1.29, 1.82) is 0 Å². The molecule has 24 heavy (non-hydrogen) atoms. The Labute approximate surface area is 140 Å². The number of aryl methyl sites for hydroxylation is 1. The van der Waals surface area contributed by atoms with Gasteiger partial charge in [0, 0.05) is 19.2 Å². The Morgan fingerprint density at radius 3 is 2.46 bits per heavy atom. The van der Waals surface area contributed by atoms with Crippen molar-refractivity contribution in [2.75, 3.05) is 18.9 Å². The minimum absolute atomic E-state index is 0.0601. The van der Waals surface area contributed by atoms with Crippen LogP contribution in [0.25, 0.3) is 0 Å². The van der Waals surface area contributed by atoms with E-state index in [1.54, 1.807) is 31.3 Å². The summed E-state index contributed by atoms with van der Waals surface area (Å²) in [5.74, 6) is -0.922. The van der Waals surface area contributed by atoms with Crippen molar-refractivity contribution < 1.29 is 14.0 Å². The standard InChI is InChI=1S/C18H20FN3O2/c1-12-3-8-15(19)16(9-12)22-17(23)11-21-10-13-4-6-14(7-5-13)18(24)20-2/h3-9,21H,10-11H2,1-2H3,(H,20,24)(H,22,23). The van der Waals surface area contributed by atoms with Crippen molar-refractivity contribution in [2.45, 2.75) is 13.5 Å². The third-order valence-corrected chi connectivity index (χ3v) is 3.45. The van der Waals surface area contributed by atoms with Gasteiger partial charge in [-0.05, 0) is 42.3 Å². The van der Waals surface area contributed by atoms with Crippen LogP contribution in [0.15, 0.2) is 42.5 Å². The van der Waals surface area contributed by atoms with Crippen molar-refractivity contribution in [1.82, 2.24) is 10.6 Å². The second kappa shape index (κ2) is 8.21. The van der Waals surface area contributed by atoms with Gasteiger partial charge in [0.05, 0.1) is 12.2 Å². The number of carbonyl (C=O) groups excluding carboxylic acids is 2. The zero-order valence-electron chi connectivity index (χ0n) is 13.7. The SMILES string of the molecule is CNC(=O)c1ccc(CNCC(=O)Nc2cc(C)ccc2F)cc1. The van der Waals surface area contributed by atoms with Crippen molar-refractivity contribution >= 4 is 17.5 Å². The highest BCUT2D eigenvalue weighted by molar-refractivity contribution is 5.94. The number of rotatable bonds is 6. The number of benzene rings is 2. The highest BCUT2D eigenvalue weighted by Gasteiger charge is 2.07. The summed E-state index contributed by atoms with van der Waals surface area (Å²) < 4.78 is 13.6. The fourth-order valence-corrected chi connectivity index (χ4v) is 2.17. The molecule has 0 saturated heterocycles. The van der Waals surface area contributed by atoms with Crippen LogP contribution in [0.4, 0.5) is 10.1 Å². The molecular weight excluding hydrogens is 309 g/mol. The molecule has 0 aliphatic heterocycles. The minimum Gasteiger partial charge on any atom is -0.355 e. The smallest absolute Gasteiger partial charge is 0.251 e. The molecule has 0 fully saturated rings. The molecule has 6 heteroatoms. The first-order valence-corrected chi connectivity index (χ1v) is 7.57. The highest BCUT2D eigenvalue weighted by Crippen LogP contribution is 2.15. The van der Waals surface area contributed by atoms with Crippen molar-refractivity contribution in [3.8, 4) is 0 Å². The molecule has 0 radical (unpaired) electrons. The van der Waals surface area contributed by atoms with Gasteiger partial charge in [-0.15, -0.1) is 0 Å². The Hall–Kier alpha value is -2.73. The third-order valence-electron chi connectivity index (χ3n) is 3.45. The van der Waals surface area contributed by atoms with E-state index in [1.165, 1.54) is 6.07 Å². The summed E-state index contributed by atoms with van der Waals surface area (Å²) in [4.78, 5) is 23.3. The van der Waals surface area contributed by atoms with E-state index in [0.29, 0.717) is 12.1 Å². The van der Waals surface area contributed by atoms with Crippen LogP contribution in [-0.4, -0.2) is 25.4 Å². The number of carbonyl (C=O) groups is 2. The normalized spacial score (nSPS) is 10.3. The van der Waals surface area contributed by atoms with Crippen LogP contribution in [0, 0.1) is 12.7 Å². The van der Waals surface area contributed by atoms with Gasteiger partial charge in [-0.1, -0.05) is 18.2 Å². The fraction of sp³-hybridized carbons (Fsp3) is 0.222. The Morgan fingerprint density at radius 1 is 1.08 bits per heavy atom. The van der Waals surface area contributed by atoms with E-state index < -0.39 is 5.82 Å². The van der Waals surface area contributed by atoms with E-state index in [0.717, 1.165) is 11.1 Å². The van der Waals surface area contributed by atoms with Gasteiger partial charge in [0.25, 0.3) is 5.91 Å². The van der Waals surface area contributed by atoms with Crippen LogP contribution in [0.1, 0.15) is 21.5 Å². The summed E-state index contributed by atoms with van der Waals surface area (Å²) in [6.07, 6.45) is 0. The molecule has 0 aromatic heterocycles. The van der Waals surface area contributed by atoms with Gasteiger partial charge < -0.3 is 16.0 Å². The first-order valence-electron chi connectivity index (χ1n) is 7.57. The molecule has 0 atom stereocenters. The van der Waals surface area contributed by atoms with Gasteiger partial charge in [0.1, 0.15) is 5.82 Å². The van der Waals surface area contributed by atoms with Gasteiger partial charge in [0.15, 0.2) is 0 Å². The minimum atomic E-state index is -0.460. The quantitative estimate of drug-likeness (QED) is 0.761. The van der Waals surface area contributed by atoms with E-state index in [9.17, 15) is 14.0 Å². The lowest BCUT2D eigenvalue weighted by molar-refractivity contribution is -0.115. The van der Waals surface area contributed by atoms with E-state index in [2.05, 4.69) is 16.0 Å². The van der Waals surface area contributed by atoms with Crippen LogP contribution >= 0.6 is 0 Å². The van der Waals surface area contributed by atoms with Crippen LogP contribution in [-0.2, 0) is 11.3 Å². The van der Waals surface area contributed by atoms with Crippen molar-refractivity contribution in [3.05, 3.63) is 65.0 Å². The molecule has 3 N–H and O–H groups in total. The summed E-state index contributed by atoms with van der Waals surface area (Å²) in [5.41, 5.74) is 2.57. The number of amides is 2. The van der Waals surface area contributed by atoms with Crippen LogP contribution in [0.2, 0.25) is 0 Å². The maximum absolute atomic E-state index is 13.6. The van der Waals surface area contributed by atoms with Crippen LogP contribution in [0.5, 0.6) is 0 Å². The van der Waals surface area contributed by atoms with Gasteiger partial charge in [-0.3, -0.25) is 9.59 Å². The molecule has 0 bridgehead atoms. The second-order valence-electron chi connectivity index (χ2n) is 5.41. The molecule has 5 nitrogen and oxygen atoms in total. The van der Waals surface area contributed by atoms with E-state index in [4.69, 9.17) is 0 Å². The van der Waals surface area contributed by atoms with Crippen molar-refractivity contribution in [2.24, 2.45) is 0 Å². The average molecular weight is 329 g/mol. The van der Waals surface area contributed by atoms with Crippen LogP contribution in [0.3, 0.4) is 0 Å². The molecule has 2 amide bonds. The first-order chi connectivity index (χ1) is 11.5. The Balaban J connectivity index is 1.82. The molecular formula is C18H20FN3O2. The topological polar surface area (TPSA) is 70.2 Å². The summed E-state index contributed by atoms with van der Waals surface area (Å²) >= 11 is 0. The van der Waals surface area contributed by atoms with Gasteiger partial charge >= 0.3 is 0 Å². The Bertz CT molecular complexity index is 730. The molecule has 0 aliphatic rings. The van der Waals surface area contributed by atoms with Crippen LogP contribution < -0.4 is 16.0 Å². The maximum atomic E-state index is 13.6. The molecule has 0 saturated carbocycles. The lowest BCUT2D eigenvalue weighted by Gasteiger charge is -2.09. The maximum Gasteiger partial charge on any atom is 0.251 e. The zero-order chi connectivity index (χ0) is 17.5. The fourth-order valence-electron chi connectivity index (χ4n) is 2.17. The van der Waals surface area contributed by atoms with Gasteiger partial charge in [0.2, 0.25) is 5.91 Å². The lowest BCUT2D eigenvalue weighted by atomic mass is 10.1. The number of halogens is 1. The average Bonchev–Trinajstić information content (AvgIpc) is 2.58. The first kappa shape index (κ1) is 17.6. The second-order valence-corrected chi connectivity index (χ2v) is 5.41. The molecule has 0 aliphatic carbocycles. The van der Waals surface area contributed by atoms with E-state index >= 15 is 0 Å². The molecule has 2 rings (SSSR count). The molecule has 2 aromatic rings. The number of nitrogens with one attached hydrogen (secondary N) is 3. The molecule has 0 heterocycles.